The Kier molecular flexibility index (Phi) is 3.75. The van der Waals surface area contributed by atoms with E-state index in [9.17, 15) is 8.78 Å². The molecule has 96 valence electrons. The highest BCUT2D eigenvalue weighted by molar-refractivity contribution is 9.08. The molecule has 0 amide bonds. The van der Waals surface area contributed by atoms with Gasteiger partial charge in [0.05, 0.1) is 10.9 Å². The molecular weight excluding hydrogens is 304 g/mol. The van der Waals surface area contributed by atoms with E-state index in [1.54, 1.807) is 4.57 Å². The molecule has 0 bridgehead atoms. The van der Waals surface area contributed by atoms with Crippen molar-refractivity contribution in [1.82, 2.24) is 14.8 Å². The third kappa shape index (κ3) is 2.16. The molecule has 0 radical (unpaired) electrons. The summed E-state index contributed by atoms with van der Waals surface area (Å²) in [5.74, 6) is -0.409. The molecule has 0 aliphatic heterocycles. The Morgan fingerprint density at radius 1 is 1.22 bits per heavy atom. The number of benzene rings is 1. The van der Waals surface area contributed by atoms with Crippen LogP contribution in [-0.4, -0.2) is 14.8 Å². The van der Waals surface area contributed by atoms with E-state index in [0.717, 1.165) is 0 Å². The lowest BCUT2D eigenvalue weighted by molar-refractivity contribution is 0.563. The minimum absolute atomic E-state index is 0.0153. The van der Waals surface area contributed by atoms with Crippen molar-refractivity contribution in [3.63, 3.8) is 0 Å². The van der Waals surface area contributed by atoms with E-state index in [1.807, 2.05) is 13.8 Å². The van der Waals surface area contributed by atoms with Crippen LogP contribution in [0.25, 0.3) is 11.4 Å². The zero-order valence-electron chi connectivity index (χ0n) is 9.99. The SMILES string of the molecule is CC(C)n1c(CBr)nnc1-c1c(F)cccc1F. The quantitative estimate of drug-likeness (QED) is 0.809. The van der Waals surface area contributed by atoms with E-state index >= 15 is 0 Å². The fraction of sp³-hybridized carbons (Fsp3) is 0.333. The van der Waals surface area contributed by atoms with Gasteiger partial charge in [-0.3, -0.25) is 0 Å². The van der Waals surface area contributed by atoms with Gasteiger partial charge in [0, 0.05) is 6.04 Å². The van der Waals surface area contributed by atoms with E-state index in [-0.39, 0.29) is 17.4 Å². The summed E-state index contributed by atoms with van der Waals surface area (Å²) in [7, 11) is 0. The largest absolute Gasteiger partial charge is 0.308 e. The summed E-state index contributed by atoms with van der Waals surface area (Å²) >= 11 is 3.29. The van der Waals surface area contributed by atoms with Gasteiger partial charge in [-0.1, -0.05) is 22.0 Å². The minimum atomic E-state index is -0.634. The average molecular weight is 316 g/mol. The summed E-state index contributed by atoms with van der Waals surface area (Å²) in [6.45, 7) is 3.83. The maximum absolute atomic E-state index is 13.8. The van der Waals surface area contributed by atoms with Crippen LogP contribution in [0, 0.1) is 11.6 Å². The van der Waals surface area contributed by atoms with Crippen LogP contribution in [0.1, 0.15) is 25.7 Å². The third-order valence-electron chi connectivity index (χ3n) is 2.59. The molecular formula is C12H12BrF2N3. The van der Waals surface area contributed by atoms with Gasteiger partial charge in [-0.25, -0.2) is 8.78 Å². The Bertz CT molecular complexity index is 546. The van der Waals surface area contributed by atoms with E-state index in [1.165, 1.54) is 18.2 Å². The van der Waals surface area contributed by atoms with Gasteiger partial charge in [0.1, 0.15) is 17.5 Å². The van der Waals surface area contributed by atoms with Gasteiger partial charge in [0.15, 0.2) is 5.82 Å². The van der Waals surface area contributed by atoms with Crippen molar-refractivity contribution in [2.45, 2.75) is 25.2 Å². The van der Waals surface area contributed by atoms with Crippen LogP contribution in [0.2, 0.25) is 0 Å². The van der Waals surface area contributed by atoms with Gasteiger partial charge in [0.2, 0.25) is 0 Å². The molecule has 0 aliphatic carbocycles. The van der Waals surface area contributed by atoms with E-state index in [2.05, 4.69) is 26.1 Å². The smallest absolute Gasteiger partial charge is 0.170 e. The average Bonchev–Trinajstić information content (AvgIpc) is 2.72. The number of halogens is 3. The highest BCUT2D eigenvalue weighted by atomic mass is 79.9. The number of aromatic nitrogens is 3. The first-order valence-corrected chi connectivity index (χ1v) is 6.62. The zero-order valence-corrected chi connectivity index (χ0v) is 11.6. The fourth-order valence-electron chi connectivity index (χ4n) is 1.84. The highest BCUT2D eigenvalue weighted by Crippen LogP contribution is 2.27. The lowest BCUT2D eigenvalue weighted by atomic mass is 10.1. The Balaban J connectivity index is 2.68. The van der Waals surface area contributed by atoms with Crippen molar-refractivity contribution in [2.75, 3.05) is 0 Å². The summed E-state index contributed by atoms with van der Waals surface area (Å²) in [5.41, 5.74) is -0.133. The zero-order chi connectivity index (χ0) is 13.3. The summed E-state index contributed by atoms with van der Waals surface area (Å²) in [4.78, 5) is 0. The van der Waals surface area contributed by atoms with Gasteiger partial charge >= 0.3 is 0 Å². The molecule has 1 aromatic heterocycles. The molecule has 0 spiro atoms. The number of alkyl halides is 1. The normalized spacial score (nSPS) is 11.2. The molecule has 0 fully saturated rings. The standard InChI is InChI=1S/C12H12BrF2N3/c1-7(2)18-10(6-13)16-17-12(18)11-8(14)4-3-5-9(11)15/h3-5,7H,6H2,1-2H3. The molecule has 2 rings (SSSR count). The van der Waals surface area contributed by atoms with Crippen molar-refractivity contribution in [2.24, 2.45) is 0 Å². The predicted molar refractivity (Wildman–Crippen MR) is 68.4 cm³/mol. The van der Waals surface area contributed by atoms with Crippen LogP contribution in [0.3, 0.4) is 0 Å². The first-order chi connectivity index (χ1) is 8.56. The van der Waals surface area contributed by atoms with Gasteiger partial charge in [0.25, 0.3) is 0 Å². The minimum Gasteiger partial charge on any atom is -0.308 e. The molecule has 3 nitrogen and oxygen atoms in total. The fourth-order valence-corrected chi connectivity index (χ4v) is 2.22. The number of hydrogen-bond donors (Lipinski definition) is 0. The molecule has 1 heterocycles. The van der Waals surface area contributed by atoms with Crippen molar-refractivity contribution < 1.29 is 8.78 Å². The van der Waals surface area contributed by atoms with E-state index < -0.39 is 11.6 Å². The van der Waals surface area contributed by atoms with Crippen molar-refractivity contribution in [3.05, 3.63) is 35.7 Å². The Morgan fingerprint density at radius 2 is 1.83 bits per heavy atom. The van der Waals surface area contributed by atoms with Crippen LogP contribution in [0.15, 0.2) is 18.2 Å². The molecule has 0 saturated heterocycles. The molecule has 6 heteroatoms. The van der Waals surface area contributed by atoms with Crippen molar-refractivity contribution in [1.29, 1.82) is 0 Å². The second kappa shape index (κ2) is 5.14. The van der Waals surface area contributed by atoms with Gasteiger partial charge in [-0.2, -0.15) is 0 Å². The summed E-state index contributed by atoms with van der Waals surface area (Å²) in [6.07, 6.45) is 0. The maximum Gasteiger partial charge on any atom is 0.170 e. The van der Waals surface area contributed by atoms with Crippen LogP contribution < -0.4 is 0 Å². The Labute approximate surface area is 112 Å². The first kappa shape index (κ1) is 13.1. The summed E-state index contributed by atoms with van der Waals surface area (Å²) < 4.78 is 29.2. The third-order valence-corrected chi connectivity index (χ3v) is 3.09. The van der Waals surface area contributed by atoms with Crippen LogP contribution in [-0.2, 0) is 5.33 Å². The number of hydrogen-bond acceptors (Lipinski definition) is 2. The number of rotatable bonds is 3. The van der Waals surface area contributed by atoms with Gasteiger partial charge in [-0.15, -0.1) is 10.2 Å². The predicted octanol–water partition coefficient (Wildman–Crippen LogP) is 3.70. The second-order valence-electron chi connectivity index (χ2n) is 4.13. The lowest BCUT2D eigenvalue weighted by Crippen LogP contribution is -2.08. The Morgan fingerprint density at radius 3 is 2.33 bits per heavy atom. The van der Waals surface area contributed by atoms with E-state index in [4.69, 9.17) is 0 Å². The topological polar surface area (TPSA) is 30.7 Å². The molecule has 0 N–H and O–H groups in total. The summed E-state index contributed by atoms with van der Waals surface area (Å²) in [6, 6.07) is 3.77. The van der Waals surface area contributed by atoms with Crippen molar-refractivity contribution >= 4 is 15.9 Å². The first-order valence-electron chi connectivity index (χ1n) is 5.50. The molecule has 0 unspecified atom stereocenters. The maximum atomic E-state index is 13.8. The second-order valence-corrected chi connectivity index (χ2v) is 4.69. The molecule has 2 aromatic rings. The molecule has 18 heavy (non-hydrogen) atoms. The summed E-state index contributed by atoms with van der Waals surface area (Å²) in [5, 5.41) is 8.33. The van der Waals surface area contributed by atoms with Crippen LogP contribution >= 0.6 is 15.9 Å². The molecule has 1 aromatic carbocycles. The van der Waals surface area contributed by atoms with Crippen molar-refractivity contribution in [3.8, 4) is 11.4 Å². The number of nitrogens with zero attached hydrogens (tertiary/aromatic N) is 3. The Hall–Kier alpha value is -1.30. The molecule has 0 saturated carbocycles. The van der Waals surface area contributed by atoms with Crippen LogP contribution in [0.4, 0.5) is 8.78 Å². The highest BCUT2D eigenvalue weighted by Gasteiger charge is 2.21. The van der Waals surface area contributed by atoms with Gasteiger partial charge < -0.3 is 4.57 Å². The molecule has 0 aliphatic rings. The monoisotopic (exact) mass is 315 g/mol. The lowest BCUT2D eigenvalue weighted by Gasteiger charge is -2.13. The van der Waals surface area contributed by atoms with Crippen LogP contribution in [0.5, 0.6) is 0 Å². The molecule has 0 atom stereocenters. The van der Waals surface area contributed by atoms with E-state index in [0.29, 0.717) is 11.2 Å². The van der Waals surface area contributed by atoms with Gasteiger partial charge in [-0.05, 0) is 26.0 Å².